The van der Waals surface area contributed by atoms with Gasteiger partial charge in [-0.3, -0.25) is 0 Å². The number of aliphatic imine (C=N–C) groups is 1. The van der Waals surface area contributed by atoms with Crippen molar-refractivity contribution in [2.45, 2.75) is 6.61 Å². The van der Waals surface area contributed by atoms with E-state index in [1.807, 2.05) is 48.5 Å². The molecular formula is C14H10ClNO. The average molecular weight is 244 g/mol. The van der Waals surface area contributed by atoms with Crippen molar-refractivity contribution in [3.63, 3.8) is 0 Å². The molecule has 2 aromatic carbocycles. The van der Waals surface area contributed by atoms with Crippen LogP contribution in [0.4, 0.5) is 5.69 Å². The van der Waals surface area contributed by atoms with Crippen LogP contribution in [0.2, 0.25) is 5.02 Å². The van der Waals surface area contributed by atoms with Crippen molar-refractivity contribution in [1.29, 1.82) is 0 Å². The first-order chi connectivity index (χ1) is 8.34. The van der Waals surface area contributed by atoms with Gasteiger partial charge in [-0.15, -0.1) is 0 Å². The Morgan fingerprint density at radius 3 is 2.65 bits per heavy atom. The van der Waals surface area contributed by atoms with Crippen molar-refractivity contribution in [2.24, 2.45) is 4.99 Å². The van der Waals surface area contributed by atoms with Gasteiger partial charge in [-0.1, -0.05) is 35.9 Å². The summed E-state index contributed by atoms with van der Waals surface area (Å²) >= 11 is 6.09. The van der Waals surface area contributed by atoms with E-state index in [2.05, 4.69) is 4.99 Å². The van der Waals surface area contributed by atoms with E-state index < -0.39 is 0 Å². The zero-order valence-corrected chi connectivity index (χ0v) is 9.82. The molecule has 1 aliphatic heterocycles. The summed E-state index contributed by atoms with van der Waals surface area (Å²) in [5.41, 5.74) is 2.83. The minimum absolute atomic E-state index is 0.475. The van der Waals surface area contributed by atoms with Crippen molar-refractivity contribution in [1.82, 2.24) is 0 Å². The summed E-state index contributed by atoms with van der Waals surface area (Å²) in [6.45, 7) is 0.475. The topological polar surface area (TPSA) is 21.6 Å². The van der Waals surface area contributed by atoms with Crippen molar-refractivity contribution in [3.05, 3.63) is 64.7 Å². The lowest BCUT2D eigenvalue weighted by Gasteiger charge is -2.17. The predicted octanol–water partition coefficient (Wildman–Crippen LogP) is 3.95. The molecule has 2 aromatic rings. The molecule has 0 bridgehead atoms. The van der Waals surface area contributed by atoms with Crippen LogP contribution in [0.1, 0.15) is 11.1 Å². The molecule has 0 spiro atoms. The maximum atomic E-state index is 6.09. The quantitative estimate of drug-likeness (QED) is 0.743. The predicted molar refractivity (Wildman–Crippen MR) is 68.9 cm³/mol. The number of ether oxygens (including phenoxy) is 1. The minimum Gasteiger partial charge on any atom is -0.472 e. The van der Waals surface area contributed by atoms with Gasteiger partial charge in [-0.05, 0) is 24.3 Å². The first-order valence-electron chi connectivity index (χ1n) is 5.39. The fraction of sp³-hybridized carbons (Fsp3) is 0.0714. The highest BCUT2D eigenvalue weighted by Gasteiger charge is 2.16. The van der Waals surface area contributed by atoms with E-state index in [0.29, 0.717) is 17.5 Å². The van der Waals surface area contributed by atoms with Gasteiger partial charge in [-0.2, -0.15) is 0 Å². The Hall–Kier alpha value is -1.80. The van der Waals surface area contributed by atoms with Crippen molar-refractivity contribution < 1.29 is 4.74 Å². The zero-order chi connectivity index (χ0) is 11.7. The van der Waals surface area contributed by atoms with Gasteiger partial charge >= 0.3 is 0 Å². The van der Waals surface area contributed by atoms with Crippen LogP contribution in [0.3, 0.4) is 0 Å². The highest BCUT2D eigenvalue weighted by atomic mass is 35.5. The standard InChI is InChI=1S/C14H10ClNO/c15-12-7-4-8-13-11(12)9-17-14(16-13)10-5-2-1-3-6-10/h1-8H,9H2. The van der Waals surface area contributed by atoms with Crippen LogP contribution in [0.15, 0.2) is 53.5 Å². The van der Waals surface area contributed by atoms with Crippen molar-refractivity contribution in [3.8, 4) is 0 Å². The molecule has 0 radical (unpaired) electrons. The van der Waals surface area contributed by atoms with E-state index in [9.17, 15) is 0 Å². The van der Waals surface area contributed by atoms with Crippen LogP contribution in [-0.4, -0.2) is 5.90 Å². The third kappa shape index (κ3) is 1.92. The largest absolute Gasteiger partial charge is 0.472 e. The van der Waals surface area contributed by atoms with E-state index in [-0.39, 0.29) is 0 Å². The SMILES string of the molecule is Clc1cccc2c1COC(c1ccccc1)=N2. The Bertz CT molecular complexity index is 578. The second kappa shape index (κ2) is 4.22. The molecule has 17 heavy (non-hydrogen) atoms. The van der Waals surface area contributed by atoms with E-state index in [4.69, 9.17) is 16.3 Å². The lowest BCUT2D eigenvalue weighted by atomic mass is 10.1. The zero-order valence-electron chi connectivity index (χ0n) is 9.06. The smallest absolute Gasteiger partial charge is 0.221 e. The monoisotopic (exact) mass is 243 g/mol. The summed E-state index contributed by atoms with van der Waals surface area (Å²) in [5.74, 6) is 0.653. The molecule has 0 saturated heterocycles. The fourth-order valence-electron chi connectivity index (χ4n) is 1.81. The molecule has 0 saturated carbocycles. The average Bonchev–Trinajstić information content (AvgIpc) is 2.40. The van der Waals surface area contributed by atoms with Crippen LogP contribution in [0.25, 0.3) is 0 Å². The molecule has 0 amide bonds. The van der Waals surface area contributed by atoms with Crippen LogP contribution >= 0.6 is 11.6 Å². The Labute approximate surface area is 105 Å². The number of hydrogen-bond acceptors (Lipinski definition) is 2. The molecule has 0 fully saturated rings. The first kappa shape index (κ1) is 10.4. The number of nitrogens with zero attached hydrogens (tertiary/aromatic N) is 1. The minimum atomic E-state index is 0.475. The number of halogens is 1. The molecule has 1 heterocycles. The lowest BCUT2D eigenvalue weighted by molar-refractivity contribution is 0.288. The number of hydrogen-bond donors (Lipinski definition) is 0. The molecule has 84 valence electrons. The van der Waals surface area contributed by atoms with E-state index >= 15 is 0 Å². The number of rotatable bonds is 1. The van der Waals surface area contributed by atoms with Gasteiger partial charge in [0.05, 0.1) is 5.69 Å². The summed E-state index contributed by atoms with van der Waals surface area (Å²) in [5, 5.41) is 0.707. The summed E-state index contributed by atoms with van der Waals surface area (Å²) in [4.78, 5) is 4.49. The van der Waals surface area contributed by atoms with Gasteiger partial charge in [0.15, 0.2) is 0 Å². The van der Waals surface area contributed by atoms with E-state index in [1.165, 1.54) is 0 Å². The molecule has 1 aliphatic rings. The molecule has 2 nitrogen and oxygen atoms in total. The van der Waals surface area contributed by atoms with Gasteiger partial charge in [0.25, 0.3) is 0 Å². The Balaban J connectivity index is 2.07. The second-order valence-corrected chi connectivity index (χ2v) is 4.22. The summed E-state index contributed by atoms with van der Waals surface area (Å²) < 4.78 is 5.64. The lowest BCUT2D eigenvalue weighted by Crippen LogP contribution is -2.11. The summed E-state index contributed by atoms with van der Waals surface area (Å²) in [6, 6.07) is 15.6. The molecule has 0 aromatic heterocycles. The maximum Gasteiger partial charge on any atom is 0.221 e. The Morgan fingerprint density at radius 2 is 1.82 bits per heavy atom. The molecule has 0 N–H and O–H groups in total. The fourth-order valence-corrected chi connectivity index (χ4v) is 2.03. The normalized spacial score (nSPS) is 13.6. The second-order valence-electron chi connectivity index (χ2n) is 3.81. The van der Waals surface area contributed by atoms with Gasteiger partial charge in [-0.25, -0.2) is 4.99 Å². The summed E-state index contributed by atoms with van der Waals surface area (Å²) in [7, 11) is 0. The number of benzene rings is 2. The van der Waals surface area contributed by atoms with Crippen LogP contribution in [0.5, 0.6) is 0 Å². The molecule has 3 heteroatoms. The van der Waals surface area contributed by atoms with Gasteiger partial charge in [0.2, 0.25) is 5.90 Å². The van der Waals surface area contributed by atoms with Crippen molar-refractivity contribution in [2.75, 3.05) is 0 Å². The van der Waals surface area contributed by atoms with Gasteiger partial charge in [0, 0.05) is 16.1 Å². The molecule has 0 atom stereocenters. The molecular weight excluding hydrogens is 234 g/mol. The van der Waals surface area contributed by atoms with E-state index in [1.54, 1.807) is 0 Å². The Morgan fingerprint density at radius 1 is 1.00 bits per heavy atom. The van der Waals surface area contributed by atoms with Gasteiger partial charge in [0.1, 0.15) is 6.61 Å². The maximum absolute atomic E-state index is 6.09. The number of fused-ring (bicyclic) bond motifs is 1. The van der Waals surface area contributed by atoms with Crippen LogP contribution in [0, 0.1) is 0 Å². The molecule has 3 rings (SSSR count). The van der Waals surface area contributed by atoms with Crippen LogP contribution < -0.4 is 0 Å². The molecule has 0 unspecified atom stereocenters. The Kier molecular flexibility index (Phi) is 2.57. The highest BCUT2D eigenvalue weighted by molar-refractivity contribution is 6.31. The summed E-state index contributed by atoms with van der Waals surface area (Å²) in [6.07, 6.45) is 0. The van der Waals surface area contributed by atoms with Crippen molar-refractivity contribution >= 4 is 23.2 Å². The highest BCUT2D eigenvalue weighted by Crippen LogP contribution is 2.31. The molecule has 0 aliphatic carbocycles. The van der Waals surface area contributed by atoms with Gasteiger partial charge < -0.3 is 4.74 Å². The third-order valence-electron chi connectivity index (χ3n) is 2.69. The third-order valence-corrected chi connectivity index (χ3v) is 3.04. The van der Waals surface area contributed by atoms with E-state index in [0.717, 1.165) is 16.8 Å². The first-order valence-corrected chi connectivity index (χ1v) is 5.77. The van der Waals surface area contributed by atoms with Crippen LogP contribution in [-0.2, 0) is 11.3 Å².